The molecule has 2 rings (SSSR count). The highest BCUT2D eigenvalue weighted by Crippen LogP contribution is 2.27. The van der Waals surface area contributed by atoms with Gasteiger partial charge in [-0.25, -0.2) is 0 Å². The van der Waals surface area contributed by atoms with Crippen LogP contribution >= 0.6 is 0 Å². The Morgan fingerprint density at radius 1 is 0.824 bits per heavy atom. The van der Waals surface area contributed by atoms with Crippen LogP contribution < -0.4 is 0 Å². The number of hydrogen-bond acceptors (Lipinski definition) is 0. The fourth-order valence-electron chi connectivity index (χ4n) is 2.30. The van der Waals surface area contributed by atoms with Crippen LogP contribution in [0.1, 0.15) is 32.6 Å². The number of rotatable bonds is 1. The molecule has 0 fully saturated rings. The average Bonchev–Trinajstić information content (AvgIpc) is 2.26. The van der Waals surface area contributed by atoms with Gasteiger partial charge in [-0.05, 0) is 49.3 Å². The van der Waals surface area contributed by atoms with Crippen LogP contribution in [0.5, 0.6) is 0 Å². The van der Waals surface area contributed by atoms with Gasteiger partial charge in [0.1, 0.15) is 0 Å². The first kappa shape index (κ1) is 11.9. The molecule has 0 aromatic heterocycles. The van der Waals surface area contributed by atoms with Crippen LogP contribution in [0.3, 0.4) is 0 Å². The molecule has 0 aliphatic heterocycles. The van der Waals surface area contributed by atoms with Gasteiger partial charge >= 0.3 is 0 Å². The van der Waals surface area contributed by atoms with Crippen molar-refractivity contribution in [1.82, 2.24) is 0 Å². The summed E-state index contributed by atoms with van der Waals surface area (Å²) >= 11 is 0. The first-order valence-corrected chi connectivity index (χ1v) is 6.43. The number of allylic oxidation sites excluding steroid dienone is 12. The summed E-state index contributed by atoms with van der Waals surface area (Å²) in [7, 11) is 0. The number of hydrogen-bond donors (Lipinski definition) is 0. The third-order valence-corrected chi connectivity index (χ3v) is 3.25. The van der Waals surface area contributed by atoms with Gasteiger partial charge in [0.2, 0.25) is 0 Å². The predicted octanol–water partition coefficient (Wildman–Crippen LogP) is 5.04. The van der Waals surface area contributed by atoms with Gasteiger partial charge in [0, 0.05) is 0 Å². The van der Waals surface area contributed by atoms with Crippen molar-refractivity contribution in [2.45, 2.75) is 32.6 Å². The minimum Gasteiger partial charge on any atom is -0.0842 e. The Kier molecular flexibility index (Phi) is 4.37. The van der Waals surface area contributed by atoms with E-state index in [-0.39, 0.29) is 0 Å². The standard InChI is InChI=1S/C17H20/c1-15-11-7-5-6-10-14-17(15)16-12-8-3-2-4-9-13-16/h2-8,11-12H,9-10,13-14H2,1H3/b4-2-,6-5+,8-3-,11-7-,16-12+,17-15+. The van der Waals surface area contributed by atoms with Crippen LogP contribution in [0.15, 0.2) is 71.4 Å². The van der Waals surface area contributed by atoms with Crippen molar-refractivity contribution in [3.8, 4) is 0 Å². The summed E-state index contributed by atoms with van der Waals surface area (Å²) in [5, 5.41) is 0. The monoisotopic (exact) mass is 224 g/mol. The van der Waals surface area contributed by atoms with E-state index in [2.05, 4.69) is 61.6 Å². The molecule has 0 nitrogen and oxygen atoms in total. The minimum absolute atomic E-state index is 1.15. The maximum Gasteiger partial charge on any atom is -0.0239 e. The van der Waals surface area contributed by atoms with E-state index >= 15 is 0 Å². The molecule has 0 bridgehead atoms. The van der Waals surface area contributed by atoms with Crippen LogP contribution in [0.4, 0.5) is 0 Å². The van der Waals surface area contributed by atoms with Crippen molar-refractivity contribution >= 4 is 0 Å². The van der Waals surface area contributed by atoms with E-state index in [4.69, 9.17) is 0 Å². The summed E-state index contributed by atoms with van der Waals surface area (Å²) in [5.41, 5.74) is 4.45. The second-order valence-corrected chi connectivity index (χ2v) is 4.53. The molecule has 0 aromatic rings. The van der Waals surface area contributed by atoms with Gasteiger partial charge in [-0.1, -0.05) is 54.7 Å². The molecule has 0 heterocycles. The molecule has 0 N–H and O–H groups in total. The van der Waals surface area contributed by atoms with Gasteiger partial charge < -0.3 is 0 Å². The zero-order chi connectivity index (χ0) is 11.9. The van der Waals surface area contributed by atoms with Gasteiger partial charge in [-0.2, -0.15) is 0 Å². The van der Waals surface area contributed by atoms with E-state index in [0.29, 0.717) is 0 Å². The van der Waals surface area contributed by atoms with E-state index < -0.39 is 0 Å². The van der Waals surface area contributed by atoms with Crippen LogP contribution in [0, 0.1) is 0 Å². The van der Waals surface area contributed by atoms with E-state index in [1.807, 2.05) is 0 Å². The van der Waals surface area contributed by atoms with Crippen LogP contribution in [0.25, 0.3) is 0 Å². The molecular formula is C17H20. The Morgan fingerprint density at radius 3 is 2.47 bits per heavy atom. The highest BCUT2D eigenvalue weighted by atomic mass is 14.1. The molecule has 0 aromatic carbocycles. The van der Waals surface area contributed by atoms with Crippen molar-refractivity contribution in [3.05, 3.63) is 71.4 Å². The molecule has 0 radical (unpaired) electrons. The molecule has 0 saturated heterocycles. The Balaban J connectivity index is 2.28. The summed E-state index contributed by atoms with van der Waals surface area (Å²) < 4.78 is 0. The van der Waals surface area contributed by atoms with Crippen LogP contribution in [-0.4, -0.2) is 0 Å². The predicted molar refractivity (Wildman–Crippen MR) is 75.8 cm³/mol. The molecular weight excluding hydrogens is 204 g/mol. The van der Waals surface area contributed by atoms with Crippen molar-refractivity contribution < 1.29 is 0 Å². The van der Waals surface area contributed by atoms with Crippen molar-refractivity contribution in [2.24, 2.45) is 0 Å². The summed E-state index contributed by atoms with van der Waals surface area (Å²) in [4.78, 5) is 0. The first-order chi connectivity index (χ1) is 8.38. The summed E-state index contributed by atoms with van der Waals surface area (Å²) in [6, 6.07) is 0. The molecule has 2 aliphatic rings. The molecule has 88 valence electrons. The Morgan fingerprint density at radius 2 is 1.59 bits per heavy atom. The van der Waals surface area contributed by atoms with E-state index in [9.17, 15) is 0 Å². The summed E-state index contributed by atoms with van der Waals surface area (Å²) in [6.07, 6.45) is 24.3. The van der Waals surface area contributed by atoms with Gasteiger partial charge in [0.25, 0.3) is 0 Å². The molecule has 17 heavy (non-hydrogen) atoms. The lowest BCUT2D eigenvalue weighted by Gasteiger charge is -2.15. The van der Waals surface area contributed by atoms with Crippen molar-refractivity contribution in [1.29, 1.82) is 0 Å². The molecule has 0 unspecified atom stereocenters. The topological polar surface area (TPSA) is 0 Å². The Labute approximate surface area is 104 Å². The minimum atomic E-state index is 1.15. The molecule has 0 amide bonds. The highest BCUT2D eigenvalue weighted by Gasteiger charge is 2.07. The third-order valence-electron chi connectivity index (χ3n) is 3.25. The quantitative estimate of drug-likeness (QED) is 0.585. The van der Waals surface area contributed by atoms with E-state index in [1.54, 1.807) is 0 Å². The fraction of sp³-hybridized carbons (Fsp3) is 0.294. The summed E-state index contributed by atoms with van der Waals surface area (Å²) in [5.74, 6) is 0. The Bertz CT molecular complexity index is 437. The largest absolute Gasteiger partial charge is 0.0842 e. The Hall–Kier alpha value is -1.56. The lowest BCUT2D eigenvalue weighted by Crippen LogP contribution is -1.95. The van der Waals surface area contributed by atoms with Gasteiger partial charge in [-0.3, -0.25) is 0 Å². The highest BCUT2D eigenvalue weighted by molar-refractivity contribution is 5.43. The van der Waals surface area contributed by atoms with E-state index in [1.165, 1.54) is 16.7 Å². The zero-order valence-electron chi connectivity index (χ0n) is 10.5. The maximum absolute atomic E-state index is 2.28. The first-order valence-electron chi connectivity index (χ1n) is 6.43. The fourth-order valence-corrected chi connectivity index (χ4v) is 2.30. The molecule has 0 atom stereocenters. The normalized spacial score (nSPS) is 35.5. The van der Waals surface area contributed by atoms with Gasteiger partial charge in [0.15, 0.2) is 0 Å². The lowest BCUT2D eigenvalue weighted by molar-refractivity contribution is 0.902. The molecule has 0 saturated carbocycles. The zero-order valence-corrected chi connectivity index (χ0v) is 10.5. The smallest absolute Gasteiger partial charge is 0.0239 e. The molecule has 2 aliphatic carbocycles. The van der Waals surface area contributed by atoms with Gasteiger partial charge in [0.05, 0.1) is 0 Å². The van der Waals surface area contributed by atoms with Crippen LogP contribution in [0.2, 0.25) is 0 Å². The second kappa shape index (κ2) is 6.24. The molecule has 0 spiro atoms. The second-order valence-electron chi connectivity index (χ2n) is 4.53. The van der Waals surface area contributed by atoms with Gasteiger partial charge in [-0.15, -0.1) is 0 Å². The summed E-state index contributed by atoms with van der Waals surface area (Å²) in [6.45, 7) is 2.23. The lowest BCUT2D eigenvalue weighted by atomic mass is 9.91. The van der Waals surface area contributed by atoms with Crippen molar-refractivity contribution in [3.63, 3.8) is 0 Å². The van der Waals surface area contributed by atoms with Crippen molar-refractivity contribution in [2.75, 3.05) is 0 Å². The van der Waals surface area contributed by atoms with E-state index in [0.717, 1.165) is 25.7 Å². The maximum atomic E-state index is 2.28. The molecule has 0 heteroatoms. The van der Waals surface area contributed by atoms with Crippen LogP contribution in [-0.2, 0) is 0 Å². The third kappa shape index (κ3) is 3.45. The average molecular weight is 224 g/mol. The SMILES string of the molecule is CC1=C(\C2=C\C=C/C=C\CC2)CC/C=C/C=C\1.